The molecule has 0 radical (unpaired) electrons. The van der Waals surface area contributed by atoms with E-state index in [0.29, 0.717) is 19.5 Å². The Balaban J connectivity index is 2.26. The van der Waals surface area contributed by atoms with Gasteiger partial charge < -0.3 is 10.2 Å². The molecule has 1 saturated heterocycles. The van der Waals surface area contributed by atoms with E-state index >= 15 is 0 Å². The number of carbonyl (C=O) groups excluding carboxylic acids is 1. The number of halogens is 3. The lowest BCUT2D eigenvalue weighted by atomic mass is 10.1. The third-order valence-electron chi connectivity index (χ3n) is 3.69. The smallest absolute Gasteiger partial charge is 0.339 e. The van der Waals surface area contributed by atoms with E-state index in [1.54, 1.807) is 11.9 Å². The minimum atomic E-state index is -4.09. The Bertz CT molecular complexity index is 304. The van der Waals surface area contributed by atoms with Gasteiger partial charge in [0, 0.05) is 38.6 Å². The summed E-state index contributed by atoms with van der Waals surface area (Å²) >= 11 is 0. The Labute approximate surface area is 118 Å². The number of nitrogens with one attached hydrogen (secondary N) is 1. The maximum absolute atomic E-state index is 12.1. The minimum absolute atomic E-state index is 0.0239. The van der Waals surface area contributed by atoms with Gasteiger partial charge in [-0.15, -0.1) is 0 Å². The number of hydrogen-bond acceptors (Lipinski definition) is 3. The molecule has 0 bridgehead atoms. The quantitative estimate of drug-likeness (QED) is 0.806. The highest BCUT2D eigenvalue weighted by molar-refractivity contribution is 5.78. The average molecular weight is 295 g/mol. The number of piperazine rings is 1. The third kappa shape index (κ3) is 6.56. The first kappa shape index (κ1) is 17.2. The lowest BCUT2D eigenvalue weighted by Gasteiger charge is -2.31. The van der Waals surface area contributed by atoms with Gasteiger partial charge in [0.05, 0.1) is 6.54 Å². The number of rotatable bonds is 6. The van der Waals surface area contributed by atoms with Gasteiger partial charge in [0.15, 0.2) is 0 Å². The van der Waals surface area contributed by atoms with Gasteiger partial charge in [-0.2, -0.15) is 13.2 Å². The predicted molar refractivity (Wildman–Crippen MR) is 71.4 cm³/mol. The van der Waals surface area contributed by atoms with Gasteiger partial charge in [0.1, 0.15) is 0 Å². The zero-order valence-corrected chi connectivity index (χ0v) is 12.2. The van der Waals surface area contributed by atoms with Crippen molar-refractivity contribution in [3.63, 3.8) is 0 Å². The molecule has 0 spiro atoms. The van der Waals surface area contributed by atoms with Crippen molar-refractivity contribution in [2.24, 2.45) is 0 Å². The number of amides is 1. The lowest BCUT2D eigenvalue weighted by molar-refractivity contribution is -0.137. The molecule has 1 atom stereocenters. The maximum atomic E-state index is 12.1. The molecular weight excluding hydrogens is 271 g/mol. The fraction of sp³-hybridized carbons (Fsp3) is 0.923. The van der Waals surface area contributed by atoms with Crippen molar-refractivity contribution in [3.8, 4) is 0 Å². The molecule has 0 aliphatic carbocycles. The van der Waals surface area contributed by atoms with Gasteiger partial charge in [-0.25, -0.2) is 0 Å². The molecule has 1 aliphatic rings. The van der Waals surface area contributed by atoms with Gasteiger partial charge in [-0.1, -0.05) is 0 Å². The number of alkyl halides is 3. The van der Waals surface area contributed by atoms with Crippen LogP contribution in [-0.2, 0) is 4.79 Å². The largest absolute Gasteiger partial charge is 0.389 e. The lowest BCUT2D eigenvalue weighted by Crippen LogP contribution is -2.50. The Morgan fingerprint density at radius 2 is 1.95 bits per heavy atom. The van der Waals surface area contributed by atoms with Crippen LogP contribution in [0.15, 0.2) is 0 Å². The molecule has 0 aromatic heterocycles. The van der Waals surface area contributed by atoms with Gasteiger partial charge in [-0.3, -0.25) is 9.69 Å². The summed E-state index contributed by atoms with van der Waals surface area (Å²) in [5.74, 6) is 0.0525. The van der Waals surface area contributed by atoms with Crippen LogP contribution < -0.4 is 5.32 Å². The van der Waals surface area contributed by atoms with Crippen LogP contribution in [0.1, 0.15) is 26.2 Å². The average Bonchev–Trinajstić information content (AvgIpc) is 2.38. The summed E-state index contributed by atoms with van der Waals surface area (Å²) in [6.07, 6.45) is -4.28. The van der Waals surface area contributed by atoms with Crippen molar-refractivity contribution >= 4 is 5.91 Å². The van der Waals surface area contributed by atoms with Gasteiger partial charge >= 0.3 is 6.18 Å². The fourth-order valence-electron chi connectivity index (χ4n) is 2.20. The number of nitrogens with zero attached hydrogens (tertiary/aromatic N) is 2. The predicted octanol–water partition coefficient (Wildman–Crippen LogP) is 1.47. The Morgan fingerprint density at radius 1 is 1.35 bits per heavy atom. The Hall–Kier alpha value is -0.820. The second-order valence-electron chi connectivity index (χ2n) is 5.40. The second kappa shape index (κ2) is 7.83. The van der Waals surface area contributed by atoms with Crippen LogP contribution in [0.3, 0.4) is 0 Å². The van der Waals surface area contributed by atoms with E-state index in [1.165, 1.54) is 0 Å². The van der Waals surface area contributed by atoms with Crippen LogP contribution in [-0.4, -0.2) is 67.7 Å². The zero-order valence-electron chi connectivity index (χ0n) is 12.2. The van der Waals surface area contributed by atoms with E-state index in [4.69, 9.17) is 0 Å². The summed E-state index contributed by atoms with van der Waals surface area (Å²) in [5.41, 5.74) is 0. The van der Waals surface area contributed by atoms with Gasteiger partial charge in [0.25, 0.3) is 0 Å². The molecule has 4 nitrogen and oxygen atoms in total. The molecule has 1 rings (SSSR count). The minimum Gasteiger partial charge on any atom is -0.339 e. The topological polar surface area (TPSA) is 35.6 Å². The number of likely N-dealkylation sites (N-methyl/N-ethyl adjacent to an activating group) is 1. The van der Waals surface area contributed by atoms with Crippen molar-refractivity contribution in [1.29, 1.82) is 0 Å². The number of hydrogen-bond donors (Lipinski definition) is 1. The summed E-state index contributed by atoms with van der Waals surface area (Å²) in [5, 5.41) is 3.17. The molecule has 118 valence electrons. The molecule has 1 amide bonds. The second-order valence-corrected chi connectivity index (χ2v) is 5.40. The van der Waals surface area contributed by atoms with Crippen LogP contribution >= 0.6 is 0 Å². The van der Waals surface area contributed by atoms with E-state index < -0.39 is 12.6 Å². The molecule has 0 aromatic carbocycles. The Kier molecular flexibility index (Phi) is 6.75. The van der Waals surface area contributed by atoms with Crippen molar-refractivity contribution in [2.45, 2.75) is 38.4 Å². The molecule has 0 saturated carbocycles. The molecule has 1 fully saturated rings. The fourth-order valence-corrected chi connectivity index (χ4v) is 2.20. The van der Waals surface area contributed by atoms with Crippen molar-refractivity contribution in [3.05, 3.63) is 0 Å². The van der Waals surface area contributed by atoms with Crippen molar-refractivity contribution in [2.75, 3.05) is 39.8 Å². The van der Waals surface area contributed by atoms with Crippen molar-refractivity contribution < 1.29 is 18.0 Å². The summed E-state index contributed by atoms with van der Waals surface area (Å²) in [6.45, 7) is 5.14. The monoisotopic (exact) mass is 295 g/mol. The summed E-state index contributed by atoms with van der Waals surface area (Å²) in [7, 11) is 1.79. The van der Waals surface area contributed by atoms with E-state index in [9.17, 15) is 18.0 Å². The molecule has 1 aliphatic heterocycles. The standard InChI is InChI=1S/C13H24F3N3O/c1-11(4-3-5-13(14,15)16)18(2)10-12(20)19-8-6-17-7-9-19/h11,17H,3-10H2,1-2H3. The SMILES string of the molecule is CC(CCCC(F)(F)F)N(C)CC(=O)N1CCNCC1. The van der Waals surface area contributed by atoms with Crippen molar-refractivity contribution in [1.82, 2.24) is 15.1 Å². The first-order valence-corrected chi connectivity index (χ1v) is 7.05. The van der Waals surface area contributed by atoms with Crippen LogP contribution in [0.4, 0.5) is 13.2 Å². The maximum Gasteiger partial charge on any atom is 0.389 e. The molecule has 1 unspecified atom stereocenters. The highest BCUT2D eigenvalue weighted by atomic mass is 19.4. The normalized spacial score (nSPS) is 18.4. The van der Waals surface area contributed by atoms with Gasteiger partial charge in [0.2, 0.25) is 5.91 Å². The van der Waals surface area contributed by atoms with Crippen LogP contribution in [0.25, 0.3) is 0 Å². The highest BCUT2D eigenvalue weighted by Crippen LogP contribution is 2.23. The molecule has 20 heavy (non-hydrogen) atoms. The van der Waals surface area contributed by atoms with E-state index in [0.717, 1.165) is 13.1 Å². The summed E-state index contributed by atoms with van der Waals surface area (Å²) < 4.78 is 36.2. The summed E-state index contributed by atoms with van der Waals surface area (Å²) in [4.78, 5) is 15.7. The zero-order chi connectivity index (χ0) is 15.2. The third-order valence-corrected chi connectivity index (χ3v) is 3.69. The number of carbonyl (C=O) groups is 1. The Morgan fingerprint density at radius 3 is 2.50 bits per heavy atom. The van der Waals surface area contributed by atoms with Crippen LogP contribution in [0.5, 0.6) is 0 Å². The highest BCUT2D eigenvalue weighted by Gasteiger charge is 2.27. The summed E-state index contributed by atoms with van der Waals surface area (Å²) in [6, 6.07) is -0.0239. The van der Waals surface area contributed by atoms with Crippen LogP contribution in [0.2, 0.25) is 0 Å². The van der Waals surface area contributed by atoms with Gasteiger partial charge in [-0.05, 0) is 26.8 Å². The molecule has 1 N–H and O–H groups in total. The molecular formula is C13H24F3N3O. The van der Waals surface area contributed by atoms with E-state index in [1.807, 2.05) is 11.8 Å². The van der Waals surface area contributed by atoms with E-state index in [2.05, 4.69) is 5.32 Å². The molecule has 7 heteroatoms. The van der Waals surface area contributed by atoms with Crippen LogP contribution in [0, 0.1) is 0 Å². The first-order chi connectivity index (χ1) is 9.29. The molecule has 0 aromatic rings. The molecule has 1 heterocycles. The van der Waals surface area contributed by atoms with E-state index in [-0.39, 0.29) is 24.9 Å². The first-order valence-electron chi connectivity index (χ1n) is 7.05.